The molecular formula is C15H22BrN2O3+. The van der Waals surface area contributed by atoms with Crippen LogP contribution < -0.4 is 14.4 Å². The van der Waals surface area contributed by atoms with Crippen LogP contribution in [0, 0.1) is 0 Å². The highest BCUT2D eigenvalue weighted by Gasteiger charge is 2.23. The van der Waals surface area contributed by atoms with Gasteiger partial charge in [0.05, 0.1) is 50.4 Å². The normalized spacial score (nSPS) is 15.9. The Labute approximate surface area is 133 Å². The first-order chi connectivity index (χ1) is 10.0. The Morgan fingerprint density at radius 1 is 1.24 bits per heavy atom. The standard InChI is InChI=1S/C15H21BrN2O3/c1-11(19)18-6-4-17(5-7-18)10-12-8-15(21-3)13(16)9-14(12)20-2/h8-9H,4-7,10H2,1-3H3/p+1. The lowest BCUT2D eigenvalue weighted by molar-refractivity contribution is -0.917. The number of ether oxygens (including phenoxy) is 2. The van der Waals surface area contributed by atoms with E-state index in [9.17, 15) is 4.79 Å². The van der Waals surface area contributed by atoms with Crippen molar-refractivity contribution in [3.05, 3.63) is 22.2 Å². The maximum atomic E-state index is 11.4. The summed E-state index contributed by atoms with van der Waals surface area (Å²) in [5.41, 5.74) is 1.13. The van der Waals surface area contributed by atoms with E-state index in [2.05, 4.69) is 15.9 Å². The van der Waals surface area contributed by atoms with E-state index in [4.69, 9.17) is 9.47 Å². The van der Waals surface area contributed by atoms with Crippen LogP contribution in [0.1, 0.15) is 12.5 Å². The Balaban J connectivity index is 2.07. The molecule has 1 fully saturated rings. The highest BCUT2D eigenvalue weighted by atomic mass is 79.9. The summed E-state index contributed by atoms with van der Waals surface area (Å²) in [6.07, 6.45) is 0. The average molecular weight is 358 g/mol. The summed E-state index contributed by atoms with van der Waals surface area (Å²) in [5.74, 6) is 1.84. The van der Waals surface area contributed by atoms with Gasteiger partial charge in [-0.05, 0) is 28.1 Å². The first-order valence-corrected chi connectivity index (χ1v) is 7.84. The van der Waals surface area contributed by atoms with Gasteiger partial charge in [-0.15, -0.1) is 0 Å². The SMILES string of the molecule is COc1cc(C[NH+]2CCN(C(C)=O)CC2)c(OC)cc1Br. The fourth-order valence-corrected chi connectivity index (χ4v) is 3.13. The molecule has 21 heavy (non-hydrogen) atoms. The number of rotatable bonds is 4. The third-order valence-electron chi connectivity index (χ3n) is 3.91. The van der Waals surface area contributed by atoms with Crippen molar-refractivity contribution >= 4 is 21.8 Å². The van der Waals surface area contributed by atoms with Crippen molar-refractivity contribution in [3.8, 4) is 11.5 Å². The molecule has 0 unspecified atom stereocenters. The number of amides is 1. The predicted molar refractivity (Wildman–Crippen MR) is 83.9 cm³/mol. The number of nitrogens with zero attached hydrogens (tertiary/aromatic N) is 1. The topological polar surface area (TPSA) is 43.2 Å². The molecule has 116 valence electrons. The molecule has 1 aromatic carbocycles. The fraction of sp³-hybridized carbons (Fsp3) is 0.533. The molecule has 1 heterocycles. The molecule has 0 saturated carbocycles. The van der Waals surface area contributed by atoms with E-state index in [0.717, 1.165) is 54.3 Å². The van der Waals surface area contributed by atoms with Crippen molar-refractivity contribution in [1.82, 2.24) is 4.90 Å². The number of quaternary nitrogens is 1. The summed E-state index contributed by atoms with van der Waals surface area (Å²) in [7, 11) is 3.34. The molecule has 1 aliphatic heterocycles. The molecule has 0 aromatic heterocycles. The number of carbonyl (C=O) groups is 1. The number of hydrogen-bond donors (Lipinski definition) is 1. The summed E-state index contributed by atoms with van der Waals surface area (Å²) in [4.78, 5) is 14.7. The Bertz CT molecular complexity index is 514. The molecule has 0 bridgehead atoms. The van der Waals surface area contributed by atoms with Crippen LogP contribution in [0.2, 0.25) is 0 Å². The van der Waals surface area contributed by atoms with Crippen LogP contribution in [0.25, 0.3) is 0 Å². The molecule has 0 aliphatic carbocycles. The lowest BCUT2D eigenvalue weighted by Crippen LogP contribution is -3.13. The zero-order valence-electron chi connectivity index (χ0n) is 12.7. The van der Waals surface area contributed by atoms with Gasteiger partial charge in [0.2, 0.25) is 5.91 Å². The van der Waals surface area contributed by atoms with Crippen LogP contribution in [-0.2, 0) is 11.3 Å². The molecule has 5 nitrogen and oxygen atoms in total. The zero-order valence-corrected chi connectivity index (χ0v) is 14.3. The largest absolute Gasteiger partial charge is 0.496 e. The van der Waals surface area contributed by atoms with Gasteiger partial charge in [0.15, 0.2) is 0 Å². The second kappa shape index (κ2) is 7.13. The van der Waals surface area contributed by atoms with Crippen molar-refractivity contribution in [1.29, 1.82) is 0 Å². The lowest BCUT2D eigenvalue weighted by Gasteiger charge is -2.31. The molecule has 1 aliphatic rings. The number of hydrogen-bond acceptors (Lipinski definition) is 3. The van der Waals surface area contributed by atoms with Crippen molar-refractivity contribution in [2.45, 2.75) is 13.5 Å². The number of carbonyl (C=O) groups excluding carboxylic acids is 1. The van der Waals surface area contributed by atoms with Crippen molar-refractivity contribution < 1.29 is 19.2 Å². The van der Waals surface area contributed by atoms with E-state index < -0.39 is 0 Å². The van der Waals surface area contributed by atoms with Crippen LogP contribution in [0.3, 0.4) is 0 Å². The number of nitrogens with one attached hydrogen (secondary N) is 1. The minimum absolute atomic E-state index is 0.164. The molecule has 0 radical (unpaired) electrons. The summed E-state index contributed by atoms with van der Waals surface area (Å²) >= 11 is 3.48. The van der Waals surface area contributed by atoms with Gasteiger partial charge in [0.25, 0.3) is 0 Å². The van der Waals surface area contributed by atoms with Gasteiger partial charge in [0.1, 0.15) is 18.0 Å². The molecule has 1 saturated heterocycles. The quantitative estimate of drug-likeness (QED) is 0.863. The first-order valence-electron chi connectivity index (χ1n) is 7.04. The molecule has 1 amide bonds. The van der Waals surface area contributed by atoms with E-state index in [0.29, 0.717) is 0 Å². The highest BCUT2D eigenvalue weighted by Crippen LogP contribution is 2.32. The van der Waals surface area contributed by atoms with Gasteiger partial charge in [-0.3, -0.25) is 4.79 Å². The third-order valence-corrected chi connectivity index (χ3v) is 4.53. The molecule has 2 rings (SSSR count). The highest BCUT2D eigenvalue weighted by molar-refractivity contribution is 9.10. The summed E-state index contributed by atoms with van der Waals surface area (Å²) in [6.45, 7) is 6.07. The number of piperazine rings is 1. The van der Waals surface area contributed by atoms with E-state index in [1.807, 2.05) is 17.0 Å². The number of halogens is 1. The van der Waals surface area contributed by atoms with Crippen molar-refractivity contribution in [2.24, 2.45) is 0 Å². The van der Waals surface area contributed by atoms with Crippen LogP contribution in [0.5, 0.6) is 11.5 Å². The van der Waals surface area contributed by atoms with Gasteiger partial charge >= 0.3 is 0 Å². The van der Waals surface area contributed by atoms with Crippen molar-refractivity contribution in [2.75, 3.05) is 40.4 Å². The lowest BCUT2D eigenvalue weighted by atomic mass is 10.1. The Morgan fingerprint density at radius 3 is 2.38 bits per heavy atom. The summed E-state index contributed by atoms with van der Waals surface area (Å²) < 4.78 is 11.7. The predicted octanol–water partition coefficient (Wildman–Crippen LogP) is 0.713. The summed E-state index contributed by atoms with van der Waals surface area (Å²) in [6, 6.07) is 3.96. The zero-order chi connectivity index (χ0) is 15.4. The minimum atomic E-state index is 0.164. The van der Waals surface area contributed by atoms with Crippen LogP contribution in [0.15, 0.2) is 16.6 Å². The summed E-state index contributed by atoms with van der Waals surface area (Å²) in [5, 5.41) is 0. The number of benzene rings is 1. The van der Waals surface area contributed by atoms with E-state index in [-0.39, 0.29) is 5.91 Å². The number of methoxy groups -OCH3 is 2. The van der Waals surface area contributed by atoms with Crippen LogP contribution in [-0.4, -0.2) is 51.2 Å². The minimum Gasteiger partial charge on any atom is -0.496 e. The molecule has 1 aromatic rings. The van der Waals surface area contributed by atoms with Gasteiger partial charge in [-0.25, -0.2) is 0 Å². The molecule has 0 atom stereocenters. The van der Waals surface area contributed by atoms with E-state index in [1.54, 1.807) is 21.1 Å². The van der Waals surface area contributed by atoms with Crippen LogP contribution >= 0.6 is 15.9 Å². The molecule has 1 N–H and O–H groups in total. The van der Waals surface area contributed by atoms with Gasteiger partial charge in [-0.1, -0.05) is 0 Å². The van der Waals surface area contributed by atoms with E-state index >= 15 is 0 Å². The maximum Gasteiger partial charge on any atom is 0.219 e. The Hall–Kier alpha value is -1.27. The molecule has 6 heteroatoms. The van der Waals surface area contributed by atoms with Gasteiger partial charge in [0, 0.05) is 6.92 Å². The average Bonchev–Trinajstić information content (AvgIpc) is 2.49. The Kier molecular flexibility index (Phi) is 5.47. The van der Waals surface area contributed by atoms with Gasteiger partial charge in [-0.2, -0.15) is 0 Å². The second-order valence-corrected chi connectivity index (χ2v) is 6.09. The third kappa shape index (κ3) is 3.89. The fourth-order valence-electron chi connectivity index (χ4n) is 2.65. The second-order valence-electron chi connectivity index (χ2n) is 5.23. The van der Waals surface area contributed by atoms with Crippen LogP contribution in [0.4, 0.5) is 0 Å². The molecule has 0 spiro atoms. The smallest absolute Gasteiger partial charge is 0.219 e. The maximum absolute atomic E-state index is 11.4. The van der Waals surface area contributed by atoms with E-state index in [1.165, 1.54) is 4.90 Å². The van der Waals surface area contributed by atoms with Gasteiger partial charge < -0.3 is 19.3 Å². The Morgan fingerprint density at radius 2 is 1.86 bits per heavy atom. The molecular weight excluding hydrogens is 336 g/mol. The monoisotopic (exact) mass is 357 g/mol. The van der Waals surface area contributed by atoms with Crippen molar-refractivity contribution in [3.63, 3.8) is 0 Å². The first kappa shape index (κ1) is 16.1.